The number of benzene rings is 2. The third-order valence-electron chi connectivity index (χ3n) is 4.08. The van der Waals surface area contributed by atoms with Gasteiger partial charge in [-0.05, 0) is 74.7 Å². The summed E-state index contributed by atoms with van der Waals surface area (Å²) >= 11 is 0. The van der Waals surface area contributed by atoms with Crippen LogP contribution in [-0.2, 0) is 4.79 Å². The number of carbonyl (C=O) groups excluding carboxylic acids is 1. The molecule has 27 heavy (non-hydrogen) atoms. The van der Waals surface area contributed by atoms with Gasteiger partial charge >= 0.3 is 0 Å². The SMILES string of the molecule is CC[C@H](Oc1cc(C)cc(C)c1)C(=O)N[C@H](C)COc1ccc(OC)cc1. The normalized spacial score (nSPS) is 12.8. The van der Waals surface area contributed by atoms with Crippen LogP contribution >= 0.6 is 0 Å². The van der Waals surface area contributed by atoms with Crippen LogP contribution in [0, 0.1) is 13.8 Å². The first kappa shape index (κ1) is 20.6. The van der Waals surface area contributed by atoms with E-state index in [4.69, 9.17) is 14.2 Å². The van der Waals surface area contributed by atoms with Crippen molar-refractivity contribution in [3.8, 4) is 17.2 Å². The van der Waals surface area contributed by atoms with E-state index in [9.17, 15) is 4.79 Å². The first-order chi connectivity index (χ1) is 12.9. The lowest BCUT2D eigenvalue weighted by atomic mass is 10.1. The van der Waals surface area contributed by atoms with Crippen LogP contribution in [0.3, 0.4) is 0 Å². The van der Waals surface area contributed by atoms with Crippen molar-refractivity contribution < 1.29 is 19.0 Å². The molecule has 0 saturated heterocycles. The molecule has 5 heteroatoms. The number of hydrogen-bond acceptors (Lipinski definition) is 4. The molecule has 0 spiro atoms. The first-order valence-corrected chi connectivity index (χ1v) is 9.23. The van der Waals surface area contributed by atoms with Crippen LogP contribution in [0.2, 0.25) is 0 Å². The van der Waals surface area contributed by atoms with Crippen molar-refractivity contribution in [3.05, 3.63) is 53.6 Å². The predicted octanol–water partition coefficient (Wildman–Crippen LogP) is 4.05. The molecule has 1 N–H and O–H groups in total. The third kappa shape index (κ3) is 6.51. The van der Waals surface area contributed by atoms with Crippen molar-refractivity contribution in [3.63, 3.8) is 0 Å². The molecule has 0 aliphatic heterocycles. The van der Waals surface area contributed by atoms with E-state index >= 15 is 0 Å². The van der Waals surface area contributed by atoms with Crippen molar-refractivity contribution >= 4 is 5.91 Å². The van der Waals surface area contributed by atoms with Gasteiger partial charge in [-0.15, -0.1) is 0 Å². The summed E-state index contributed by atoms with van der Waals surface area (Å²) in [5.74, 6) is 2.09. The van der Waals surface area contributed by atoms with Gasteiger partial charge < -0.3 is 19.5 Å². The van der Waals surface area contributed by atoms with Gasteiger partial charge in [-0.2, -0.15) is 0 Å². The lowest BCUT2D eigenvalue weighted by molar-refractivity contribution is -0.128. The monoisotopic (exact) mass is 371 g/mol. The summed E-state index contributed by atoms with van der Waals surface area (Å²) < 4.78 is 16.8. The van der Waals surface area contributed by atoms with E-state index in [1.54, 1.807) is 7.11 Å². The Balaban J connectivity index is 1.86. The Hall–Kier alpha value is -2.69. The maximum absolute atomic E-state index is 12.5. The quantitative estimate of drug-likeness (QED) is 0.722. The van der Waals surface area contributed by atoms with Gasteiger partial charge in [0.2, 0.25) is 0 Å². The molecule has 0 fully saturated rings. The molecule has 1 amide bonds. The number of hydrogen-bond donors (Lipinski definition) is 1. The second kappa shape index (κ2) is 9.86. The maximum atomic E-state index is 12.5. The molecule has 2 rings (SSSR count). The van der Waals surface area contributed by atoms with Gasteiger partial charge in [0.15, 0.2) is 6.10 Å². The highest BCUT2D eigenvalue weighted by atomic mass is 16.5. The molecule has 0 radical (unpaired) electrons. The molecule has 0 heterocycles. The van der Waals surface area contributed by atoms with Crippen molar-refractivity contribution in [2.75, 3.05) is 13.7 Å². The third-order valence-corrected chi connectivity index (χ3v) is 4.08. The summed E-state index contributed by atoms with van der Waals surface area (Å²) in [7, 11) is 1.62. The Bertz CT molecular complexity index is 722. The van der Waals surface area contributed by atoms with Crippen molar-refractivity contribution in [2.45, 2.75) is 46.3 Å². The molecular weight excluding hydrogens is 342 g/mol. The Morgan fingerprint density at radius 2 is 1.59 bits per heavy atom. The van der Waals surface area contributed by atoms with Crippen LogP contribution < -0.4 is 19.5 Å². The largest absolute Gasteiger partial charge is 0.497 e. The van der Waals surface area contributed by atoms with E-state index < -0.39 is 6.10 Å². The van der Waals surface area contributed by atoms with Gasteiger partial charge in [0.1, 0.15) is 23.9 Å². The highest BCUT2D eigenvalue weighted by Crippen LogP contribution is 2.19. The van der Waals surface area contributed by atoms with Crippen LogP contribution in [-0.4, -0.2) is 31.8 Å². The van der Waals surface area contributed by atoms with E-state index in [1.807, 2.05) is 64.1 Å². The Morgan fingerprint density at radius 1 is 1.00 bits per heavy atom. The van der Waals surface area contributed by atoms with Crippen LogP contribution in [0.1, 0.15) is 31.4 Å². The van der Waals surface area contributed by atoms with E-state index in [1.165, 1.54) is 0 Å². The van der Waals surface area contributed by atoms with Gasteiger partial charge in [-0.3, -0.25) is 4.79 Å². The zero-order chi connectivity index (χ0) is 19.8. The number of aryl methyl sites for hydroxylation is 2. The molecule has 5 nitrogen and oxygen atoms in total. The van der Waals surface area contributed by atoms with Gasteiger partial charge in [-0.25, -0.2) is 0 Å². The number of rotatable bonds is 9. The summed E-state index contributed by atoms with van der Waals surface area (Å²) in [6, 6.07) is 13.2. The highest BCUT2D eigenvalue weighted by Gasteiger charge is 2.20. The number of amides is 1. The average molecular weight is 371 g/mol. The molecule has 0 bridgehead atoms. The van der Waals surface area contributed by atoms with Crippen molar-refractivity contribution in [2.24, 2.45) is 0 Å². The first-order valence-electron chi connectivity index (χ1n) is 9.23. The lowest BCUT2D eigenvalue weighted by Crippen LogP contribution is -2.44. The summed E-state index contributed by atoms with van der Waals surface area (Å²) in [6.07, 6.45) is 0.0554. The van der Waals surface area contributed by atoms with Crippen molar-refractivity contribution in [1.82, 2.24) is 5.32 Å². The molecule has 2 aromatic rings. The highest BCUT2D eigenvalue weighted by molar-refractivity contribution is 5.81. The molecule has 2 atom stereocenters. The minimum absolute atomic E-state index is 0.137. The van der Waals surface area contributed by atoms with Crippen LogP contribution in [0.15, 0.2) is 42.5 Å². The molecule has 146 valence electrons. The number of nitrogens with one attached hydrogen (secondary N) is 1. The molecule has 0 unspecified atom stereocenters. The van der Waals surface area contributed by atoms with Gasteiger partial charge in [0, 0.05) is 0 Å². The van der Waals surface area contributed by atoms with Crippen LogP contribution in [0.5, 0.6) is 17.2 Å². The van der Waals surface area contributed by atoms with Crippen LogP contribution in [0.25, 0.3) is 0 Å². The number of ether oxygens (including phenoxy) is 3. The second-order valence-electron chi connectivity index (χ2n) is 6.73. The fourth-order valence-electron chi connectivity index (χ4n) is 2.76. The molecular formula is C22H29NO4. The fraction of sp³-hybridized carbons (Fsp3) is 0.409. The summed E-state index contributed by atoms with van der Waals surface area (Å²) in [4.78, 5) is 12.5. The molecule has 2 aromatic carbocycles. The zero-order valence-corrected chi connectivity index (χ0v) is 16.7. The smallest absolute Gasteiger partial charge is 0.261 e. The molecule has 0 aliphatic carbocycles. The number of carbonyl (C=O) groups is 1. The summed E-state index contributed by atoms with van der Waals surface area (Å²) in [6.45, 7) is 8.24. The van der Waals surface area contributed by atoms with Gasteiger partial charge in [-0.1, -0.05) is 13.0 Å². The summed E-state index contributed by atoms with van der Waals surface area (Å²) in [5, 5.41) is 2.96. The standard InChI is InChI=1S/C22H29NO4/c1-6-21(27-20-12-15(2)11-16(3)13-20)22(24)23-17(4)14-26-19-9-7-18(25-5)8-10-19/h7-13,17,21H,6,14H2,1-5H3,(H,23,24)/t17-,21+/m1/s1. The lowest BCUT2D eigenvalue weighted by Gasteiger charge is -2.21. The van der Waals surface area contributed by atoms with E-state index in [0.717, 1.165) is 28.4 Å². The molecule has 0 aliphatic rings. The van der Waals surface area contributed by atoms with E-state index in [-0.39, 0.29) is 11.9 Å². The zero-order valence-electron chi connectivity index (χ0n) is 16.7. The van der Waals surface area contributed by atoms with E-state index in [2.05, 4.69) is 11.4 Å². The average Bonchev–Trinajstić information content (AvgIpc) is 2.64. The molecule has 0 saturated carbocycles. The van der Waals surface area contributed by atoms with Crippen molar-refractivity contribution in [1.29, 1.82) is 0 Å². The summed E-state index contributed by atoms with van der Waals surface area (Å²) in [5.41, 5.74) is 2.23. The second-order valence-corrected chi connectivity index (χ2v) is 6.73. The Kier molecular flexibility index (Phi) is 7.53. The van der Waals surface area contributed by atoms with Crippen LogP contribution in [0.4, 0.5) is 0 Å². The van der Waals surface area contributed by atoms with E-state index in [0.29, 0.717) is 13.0 Å². The van der Waals surface area contributed by atoms with Gasteiger partial charge in [0.25, 0.3) is 5.91 Å². The fourth-order valence-corrected chi connectivity index (χ4v) is 2.76. The minimum Gasteiger partial charge on any atom is -0.497 e. The molecule has 0 aromatic heterocycles. The van der Waals surface area contributed by atoms with Gasteiger partial charge in [0.05, 0.1) is 13.2 Å². The maximum Gasteiger partial charge on any atom is 0.261 e. The Morgan fingerprint density at radius 3 is 2.15 bits per heavy atom. The predicted molar refractivity (Wildman–Crippen MR) is 107 cm³/mol. The minimum atomic E-state index is -0.533. The Labute approximate surface area is 161 Å². The topological polar surface area (TPSA) is 56.8 Å². The number of methoxy groups -OCH3 is 1.